The zero-order chi connectivity index (χ0) is 26.3. The van der Waals surface area contributed by atoms with Crippen LogP contribution in [-0.4, -0.2) is 69.7 Å². The number of anilines is 5. The Hall–Kier alpha value is -4.10. The lowest BCUT2D eigenvalue weighted by atomic mass is 10.0. The highest BCUT2D eigenvalue weighted by molar-refractivity contribution is 6.06. The maximum Gasteiger partial charge on any atom is 0.256 e. The average Bonchev–Trinajstić information content (AvgIpc) is 3.36. The molecular formula is C27H33N9O. The Labute approximate surface area is 217 Å². The van der Waals surface area contributed by atoms with E-state index in [2.05, 4.69) is 56.5 Å². The Kier molecular flexibility index (Phi) is 6.48. The number of piperazine rings is 1. The van der Waals surface area contributed by atoms with E-state index in [9.17, 15) is 10.1 Å². The molecule has 0 atom stereocenters. The van der Waals surface area contributed by atoms with Crippen molar-refractivity contribution in [1.82, 2.24) is 24.6 Å². The summed E-state index contributed by atoms with van der Waals surface area (Å²) in [6.45, 7) is 10.8. The van der Waals surface area contributed by atoms with Gasteiger partial charge in [-0.25, -0.2) is 4.98 Å². The third-order valence-corrected chi connectivity index (χ3v) is 7.20. The van der Waals surface area contributed by atoms with Gasteiger partial charge in [0.05, 0.1) is 33.9 Å². The largest absolute Gasteiger partial charge is 0.369 e. The minimum absolute atomic E-state index is 0.0166. The van der Waals surface area contributed by atoms with Gasteiger partial charge in [0.1, 0.15) is 11.9 Å². The van der Waals surface area contributed by atoms with Crippen molar-refractivity contribution in [3.8, 4) is 6.07 Å². The molecule has 1 aromatic carbocycles. The molecule has 2 aliphatic rings. The summed E-state index contributed by atoms with van der Waals surface area (Å²) in [4.78, 5) is 24.3. The molecule has 2 N–H and O–H groups in total. The van der Waals surface area contributed by atoms with Gasteiger partial charge in [0.15, 0.2) is 0 Å². The molecule has 0 saturated carbocycles. The zero-order valence-electron chi connectivity index (χ0n) is 22.0. The molecule has 3 aromatic rings. The molecule has 1 amide bonds. The van der Waals surface area contributed by atoms with Crippen molar-refractivity contribution in [3.05, 3.63) is 53.0 Å². The van der Waals surface area contributed by atoms with Crippen LogP contribution < -0.4 is 15.5 Å². The van der Waals surface area contributed by atoms with E-state index in [1.807, 2.05) is 33.3 Å². The highest BCUT2D eigenvalue weighted by atomic mass is 16.2. The monoisotopic (exact) mass is 499 g/mol. The van der Waals surface area contributed by atoms with E-state index in [4.69, 9.17) is 0 Å². The fourth-order valence-electron chi connectivity index (χ4n) is 5.14. The van der Waals surface area contributed by atoms with E-state index in [0.29, 0.717) is 40.9 Å². The first-order valence-electron chi connectivity index (χ1n) is 12.6. The molecule has 10 heteroatoms. The smallest absolute Gasteiger partial charge is 0.256 e. The number of nitrogens with one attached hydrogen (secondary N) is 2. The lowest BCUT2D eigenvalue weighted by molar-refractivity contribution is 0.0817. The van der Waals surface area contributed by atoms with E-state index in [1.165, 1.54) is 6.20 Å². The lowest BCUT2D eigenvalue weighted by Crippen LogP contribution is -2.49. The first-order valence-corrected chi connectivity index (χ1v) is 12.6. The number of rotatable bonds is 6. The van der Waals surface area contributed by atoms with E-state index in [-0.39, 0.29) is 5.91 Å². The maximum absolute atomic E-state index is 13.2. The summed E-state index contributed by atoms with van der Waals surface area (Å²) >= 11 is 0. The van der Waals surface area contributed by atoms with Gasteiger partial charge in [0, 0.05) is 82.6 Å². The van der Waals surface area contributed by atoms with Crippen LogP contribution in [0, 0.1) is 18.3 Å². The molecule has 1 saturated heterocycles. The van der Waals surface area contributed by atoms with Gasteiger partial charge in [-0.1, -0.05) is 0 Å². The van der Waals surface area contributed by atoms with Crippen LogP contribution in [0.5, 0.6) is 0 Å². The van der Waals surface area contributed by atoms with Crippen molar-refractivity contribution in [1.29, 1.82) is 5.26 Å². The Morgan fingerprint density at radius 3 is 2.46 bits per heavy atom. The third kappa shape index (κ3) is 4.70. The van der Waals surface area contributed by atoms with Gasteiger partial charge < -0.3 is 20.4 Å². The number of carbonyl (C=O) groups is 1. The lowest BCUT2D eigenvalue weighted by Gasteiger charge is -2.39. The average molecular weight is 500 g/mol. The maximum atomic E-state index is 13.2. The van der Waals surface area contributed by atoms with Crippen LogP contribution in [0.3, 0.4) is 0 Å². The van der Waals surface area contributed by atoms with Crippen LogP contribution in [0.1, 0.15) is 41.0 Å². The number of carbonyl (C=O) groups excluding carboxylic acids is 1. The normalized spacial score (nSPS) is 15.8. The summed E-state index contributed by atoms with van der Waals surface area (Å²) in [5.74, 6) is 0.564. The Morgan fingerprint density at radius 2 is 1.81 bits per heavy atom. The zero-order valence-corrected chi connectivity index (χ0v) is 22.0. The van der Waals surface area contributed by atoms with Crippen molar-refractivity contribution in [2.45, 2.75) is 33.4 Å². The van der Waals surface area contributed by atoms with Crippen LogP contribution in [-0.2, 0) is 13.6 Å². The standard InChI is InChI=1S/C27H33N9O/c1-17(2)35-8-10-36(11-9-35)24-7-6-21(26-20(24)15-33(4)27(26)37)30-22-12-25(29-14-19(22)13-28)31-23-16-34(5)32-18(23)3/h6-7,12,14,16-17H,8-11,15H2,1-5H3,(H2,29,30,31). The molecule has 2 aliphatic heterocycles. The minimum Gasteiger partial charge on any atom is -0.369 e. The van der Waals surface area contributed by atoms with Gasteiger partial charge in [-0.3, -0.25) is 14.4 Å². The van der Waals surface area contributed by atoms with Gasteiger partial charge in [0.25, 0.3) is 5.91 Å². The van der Waals surface area contributed by atoms with Crippen LogP contribution in [0.2, 0.25) is 0 Å². The van der Waals surface area contributed by atoms with Gasteiger partial charge in [-0.05, 0) is 32.9 Å². The second-order valence-electron chi connectivity index (χ2n) is 10.0. The number of hydrogen-bond donors (Lipinski definition) is 2. The molecule has 37 heavy (non-hydrogen) atoms. The van der Waals surface area contributed by atoms with Crippen molar-refractivity contribution in [2.75, 3.05) is 48.8 Å². The highest BCUT2D eigenvalue weighted by Crippen LogP contribution is 2.38. The Balaban J connectivity index is 1.46. The number of nitrogens with zero attached hydrogens (tertiary/aromatic N) is 7. The van der Waals surface area contributed by atoms with Crippen molar-refractivity contribution >= 4 is 34.5 Å². The molecule has 0 aliphatic carbocycles. The topological polar surface area (TPSA) is 105 Å². The van der Waals surface area contributed by atoms with Gasteiger partial charge >= 0.3 is 0 Å². The van der Waals surface area contributed by atoms with Crippen LogP contribution in [0.4, 0.5) is 28.6 Å². The van der Waals surface area contributed by atoms with Crippen molar-refractivity contribution < 1.29 is 4.79 Å². The summed E-state index contributed by atoms with van der Waals surface area (Å²) in [5, 5.41) is 20.7. The molecule has 5 rings (SSSR count). The van der Waals surface area contributed by atoms with Gasteiger partial charge in [-0.2, -0.15) is 10.4 Å². The molecule has 4 heterocycles. The highest BCUT2D eigenvalue weighted by Gasteiger charge is 2.32. The number of amides is 1. The SMILES string of the molecule is Cc1nn(C)cc1Nc1cc(Nc2ccc(N3CCN(C(C)C)CC3)c3c2C(=O)N(C)C3)c(C#N)cn1. The first-order chi connectivity index (χ1) is 17.7. The number of hydrogen-bond acceptors (Lipinski definition) is 8. The Bertz CT molecular complexity index is 1380. The quantitative estimate of drug-likeness (QED) is 0.530. The fraction of sp³-hybridized carbons (Fsp3) is 0.407. The molecule has 0 bridgehead atoms. The Morgan fingerprint density at radius 1 is 1.05 bits per heavy atom. The second-order valence-corrected chi connectivity index (χ2v) is 10.0. The number of pyridine rings is 1. The summed E-state index contributed by atoms with van der Waals surface area (Å²) in [6, 6.07) is 8.59. The van der Waals surface area contributed by atoms with E-state index in [1.54, 1.807) is 15.6 Å². The summed E-state index contributed by atoms with van der Waals surface area (Å²) in [5.41, 5.74) is 6.19. The van der Waals surface area contributed by atoms with Gasteiger partial charge in [-0.15, -0.1) is 0 Å². The van der Waals surface area contributed by atoms with E-state index >= 15 is 0 Å². The predicted octanol–water partition coefficient (Wildman–Crippen LogP) is 3.60. The van der Waals surface area contributed by atoms with Crippen LogP contribution in [0.15, 0.2) is 30.6 Å². The molecule has 1 fully saturated rings. The number of aryl methyl sites for hydroxylation is 2. The summed E-state index contributed by atoms with van der Waals surface area (Å²) in [6.07, 6.45) is 3.41. The van der Waals surface area contributed by atoms with Crippen LogP contribution in [0.25, 0.3) is 0 Å². The molecule has 0 spiro atoms. The molecular weight excluding hydrogens is 466 g/mol. The minimum atomic E-state index is -0.0166. The third-order valence-electron chi connectivity index (χ3n) is 7.20. The number of aromatic nitrogens is 3. The van der Waals surface area contributed by atoms with E-state index in [0.717, 1.165) is 48.8 Å². The molecule has 0 unspecified atom stereocenters. The predicted molar refractivity (Wildman–Crippen MR) is 145 cm³/mol. The van der Waals surface area contributed by atoms with Crippen LogP contribution >= 0.6 is 0 Å². The van der Waals surface area contributed by atoms with E-state index < -0.39 is 0 Å². The van der Waals surface area contributed by atoms with Crippen molar-refractivity contribution in [2.24, 2.45) is 7.05 Å². The molecule has 10 nitrogen and oxygen atoms in total. The summed E-state index contributed by atoms with van der Waals surface area (Å²) < 4.78 is 1.73. The fourth-order valence-corrected chi connectivity index (χ4v) is 5.14. The van der Waals surface area contributed by atoms with Gasteiger partial charge in [0.2, 0.25) is 0 Å². The van der Waals surface area contributed by atoms with Crippen molar-refractivity contribution in [3.63, 3.8) is 0 Å². The molecule has 2 aromatic heterocycles. The summed E-state index contributed by atoms with van der Waals surface area (Å²) in [7, 11) is 3.69. The number of benzene rings is 1. The molecule has 0 radical (unpaired) electrons. The molecule has 192 valence electrons. The number of fused-ring (bicyclic) bond motifs is 1. The first kappa shape index (κ1) is 24.6. The number of nitriles is 1. The second kappa shape index (κ2) is 9.75.